The minimum Gasteiger partial charge on any atom is -0.490 e. The van der Waals surface area contributed by atoms with Crippen molar-refractivity contribution in [2.75, 3.05) is 13.7 Å². The Morgan fingerprint density at radius 3 is 2.48 bits per heavy atom. The first-order valence-corrected chi connectivity index (χ1v) is 7.43. The van der Waals surface area contributed by atoms with Gasteiger partial charge in [0.2, 0.25) is 0 Å². The van der Waals surface area contributed by atoms with Crippen LogP contribution in [0, 0.1) is 20.2 Å². The van der Waals surface area contributed by atoms with Crippen LogP contribution in [0.3, 0.4) is 0 Å². The number of ether oxygens (including phenoxy) is 2. The Bertz CT molecular complexity index is 898. The molecule has 0 bridgehead atoms. The normalized spacial score (nSPS) is 10.4. The molecular formula is C16H14N4O7. The maximum atomic E-state index is 11.7. The Hall–Kier alpha value is -4.02. The summed E-state index contributed by atoms with van der Waals surface area (Å²) < 4.78 is 9.99. The van der Waals surface area contributed by atoms with Crippen molar-refractivity contribution >= 4 is 23.5 Å². The number of rotatable bonds is 8. The molecule has 0 spiro atoms. The quantitative estimate of drug-likeness (QED) is 0.422. The highest BCUT2D eigenvalue weighted by Crippen LogP contribution is 2.27. The number of benzene rings is 2. The van der Waals surface area contributed by atoms with Gasteiger partial charge in [0, 0.05) is 17.7 Å². The van der Waals surface area contributed by atoms with Crippen LogP contribution in [0.1, 0.15) is 5.56 Å². The van der Waals surface area contributed by atoms with Crippen molar-refractivity contribution in [3.05, 3.63) is 68.3 Å². The van der Waals surface area contributed by atoms with Crippen molar-refractivity contribution in [3.63, 3.8) is 0 Å². The third kappa shape index (κ3) is 5.22. The van der Waals surface area contributed by atoms with Crippen molar-refractivity contribution in [2.24, 2.45) is 5.10 Å². The number of hydrogen-bond acceptors (Lipinski definition) is 8. The van der Waals surface area contributed by atoms with E-state index in [1.54, 1.807) is 0 Å². The summed E-state index contributed by atoms with van der Waals surface area (Å²) in [5.41, 5.74) is 2.02. The second-order valence-corrected chi connectivity index (χ2v) is 5.00. The van der Waals surface area contributed by atoms with Crippen molar-refractivity contribution in [1.29, 1.82) is 0 Å². The number of amides is 1. The fourth-order valence-corrected chi connectivity index (χ4v) is 2.01. The molecule has 2 rings (SSSR count). The van der Waals surface area contributed by atoms with Gasteiger partial charge in [-0.15, -0.1) is 0 Å². The van der Waals surface area contributed by atoms with E-state index in [4.69, 9.17) is 9.47 Å². The van der Waals surface area contributed by atoms with E-state index in [-0.39, 0.29) is 22.9 Å². The molecule has 1 N–H and O–H groups in total. The standard InChI is InChI=1S/C16H14N4O7/c1-26-14-7-6-11(8-13(14)20(24)25)9-17-18-16(21)10-27-15-5-3-2-4-12(15)19(22)23/h2-9H,10H2,1H3,(H,18,21)/b17-9+. The van der Waals surface area contributed by atoms with E-state index in [1.165, 1.54) is 55.8 Å². The number of hydrazone groups is 1. The van der Waals surface area contributed by atoms with Crippen molar-refractivity contribution in [1.82, 2.24) is 5.43 Å². The van der Waals surface area contributed by atoms with E-state index in [0.717, 1.165) is 0 Å². The maximum absolute atomic E-state index is 11.7. The summed E-state index contributed by atoms with van der Waals surface area (Å²) in [6.07, 6.45) is 1.20. The first-order valence-electron chi connectivity index (χ1n) is 7.43. The molecule has 0 saturated carbocycles. The van der Waals surface area contributed by atoms with E-state index in [2.05, 4.69) is 10.5 Å². The molecule has 0 fully saturated rings. The van der Waals surface area contributed by atoms with E-state index in [9.17, 15) is 25.0 Å². The molecule has 0 unspecified atom stereocenters. The van der Waals surface area contributed by atoms with Crippen molar-refractivity contribution < 1.29 is 24.1 Å². The molecule has 1 amide bonds. The number of nitro groups is 2. The zero-order valence-corrected chi connectivity index (χ0v) is 14.0. The van der Waals surface area contributed by atoms with Crippen LogP contribution in [0.4, 0.5) is 11.4 Å². The van der Waals surface area contributed by atoms with Gasteiger partial charge in [-0.25, -0.2) is 5.43 Å². The van der Waals surface area contributed by atoms with Gasteiger partial charge in [0.25, 0.3) is 5.91 Å². The average Bonchev–Trinajstić information content (AvgIpc) is 2.66. The van der Waals surface area contributed by atoms with Gasteiger partial charge in [-0.3, -0.25) is 25.0 Å². The van der Waals surface area contributed by atoms with E-state index in [1.807, 2.05) is 0 Å². The molecule has 0 aromatic heterocycles. The van der Waals surface area contributed by atoms with Crippen LogP contribution in [-0.2, 0) is 4.79 Å². The van der Waals surface area contributed by atoms with Crippen LogP contribution in [0.15, 0.2) is 47.6 Å². The van der Waals surface area contributed by atoms with Crippen LogP contribution in [-0.4, -0.2) is 35.7 Å². The average molecular weight is 374 g/mol. The van der Waals surface area contributed by atoms with Crippen LogP contribution in [0.25, 0.3) is 0 Å². The molecule has 0 heterocycles. The summed E-state index contributed by atoms with van der Waals surface area (Å²) in [6, 6.07) is 9.79. The topological polar surface area (TPSA) is 146 Å². The molecule has 11 heteroatoms. The number of nitrogens with one attached hydrogen (secondary N) is 1. The Kier molecular flexibility index (Phi) is 6.36. The fourth-order valence-electron chi connectivity index (χ4n) is 2.01. The number of hydrogen-bond donors (Lipinski definition) is 1. The number of carbonyl (C=O) groups is 1. The van der Waals surface area contributed by atoms with E-state index >= 15 is 0 Å². The number of nitrogens with zero attached hydrogens (tertiary/aromatic N) is 3. The van der Waals surface area contributed by atoms with Crippen LogP contribution in [0.5, 0.6) is 11.5 Å². The van der Waals surface area contributed by atoms with Gasteiger partial charge < -0.3 is 9.47 Å². The van der Waals surface area contributed by atoms with Gasteiger partial charge in [-0.2, -0.15) is 5.10 Å². The minimum atomic E-state index is -0.660. The van der Waals surface area contributed by atoms with Gasteiger partial charge in [0.1, 0.15) is 0 Å². The summed E-state index contributed by atoms with van der Waals surface area (Å²) >= 11 is 0. The summed E-state index contributed by atoms with van der Waals surface area (Å²) in [4.78, 5) is 32.3. The summed E-state index contributed by atoms with van der Waals surface area (Å²) in [5, 5.41) is 25.5. The fraction of sp³-hybridized carbons (Fsp3) is 0.125. The lowest BCUT2D eigenvalue weighted by molar-refractivity contribution is -0.385. The summed E-state index contributed by atoms with van der Waals surface area (Å²) in [5.74, 6) is -0.612. The molecule has 2 aromatic rings. The highest BCUT2D eigenvalue weighted by molar-refractivity contribution is 5.84. The first-order chi connectivity index (χ1) is 12.9. The zero-order valence-electron chi connectivity index (χ0n) is 14.0. The molecule has 140 valence electrons. The molecule has 0 atom stereocenters. The molecule has 27 heavy (non-hydrogen) atoms. The Morgan fingerprint density at radius 1 is 1.11 bits per heavy atom. The highest BCUT2D eigenvalue weighted by atomic mass is 16.6. The zero-order chi connectivity index (χ0) is 19.8. The lowest BCUT2D eigenvalue weighted by Gasteiger charge is -2.05. The van der Waals surface area contributed by atoms with Crippen LogP contribution < -0.4 is 14.9 Å². The molecule has 0 aliphatic rings. The third-order valence-electron chi connectivity index (χ3n) is 3.22. The summed E-state index contributed by atoms with van der Waals surface area (Å²) in [7, 11) is 1.31. The number of nitro benzene ring substituents is 2. The summed E-state index contributed by atoms with van der Waals surface area (Å²) in [6.45, 7) is -0.495. The number of methoxy groups -OCH3 is 1. The minimum absolute atomic E-state index is 0.0487. The molecule has 11 nitrogen and oxygen atoms in total. The number of para-hydroxylation sites is 2. The third-order valence-corrected chi connectivity index (χ3v) is 3.22. The Morgan fingerprint density at radius 2 is 1.81 bits per heavy atom. The largest absolute Gasteiger partial charge is 0.490 e. The van der Waals surface area contributed by atoms with Gasteiger partial charge in [-0.1, -0.05) is 12.1 Å². The smallest absolute Gasteiger partial charge is 0.311 e. The van der Waals surface area contributed by atoms with Gasteiger partial charge in [0.05, 0.1) is 23.2 Å². The van der Waals surface area contributed by atoms with Gasteiger partial charge in [0.15, 0.2) is 18.1 Å². The van der Waals surface area contributed by atoms with Gasteiger partial charge >= 0.3 is 11.4 Å². The molecule has 2 aromatic carbocycles. The SMILES string of the molecule is COc1ccc(/C=N/NC(=O)COc2ccccc2[N+](=O)[O-])cc1[N+](=O)[O-]. The van der Waals surface area contributed by atoms with Crippen LogP contribution in [0.2, 0.25) is 0 Å². The van der Waals surface area contributed by atoms with E-state index in [0.29, 0.717) is 5.56 Å². The predicted octanol–water partition coefficient (Wildman–Crippen LogP) is 2.04. The maximum Gasteiger partial charge on any atom is 0.311 e. The second kappa shape index (κ2) is 8.89. The molecule has 0 saturated heterocycles. The molecule has 0 aliphatic carbocycles. The lowest BCUT2D eigenvalue weighted by atomic mass is 10.2. The predicted molar refractivity (Wildman–Crippen MR) is 94.0 cm³/mol. The van der Waals surface area contributed by atoms with E-state index < -0.39 is 22.4 Å². The van der Waals surface area contributed by atoms with Crippen LogP contribution >= 0.6 is 0 Å². The van der Waals surface area contributed by atoms with Gasteiger partial charge in [-0.05, 0) is 18.2 Å². The molecule has 0 radical (unpaired) electrons. The molecular weight excluding hydrogens is 360 g/mol. The van der Waals surface area contributed by atoms with Crippen molar-refractivity contribution in [3.8, 4) is 11.5 Å². The lowest BCUT2D eigenvalue weighted by Crippen LogP contribution is -2.24. The Labute approximate surface area is 152 Å². The first kappa shape index (κ1) is 19.3. The number of carbonyl (C=O) groups excluding carboxylic acids is 1. The monoisotopic (exact) mass is 374 g/mol. The second-order valence-electron chi connectivity index (χ2n) is 5.00. The van der Waals surface area contributed by atoms with Crippen molar-refractivity contribution in [2.45, 2.75) is 0 Å². The molecule has 0 aliphatic heterocycles. The Balaban J connectivity index is 1.95. The highest BCUT2D eigenvalue weighted by Gasteiger charge is 2.15.